The van der Waals surface area contributed by atoms with Crippen molar-refractivity contribution < 1.29 is 4.79 Å². The highest BCUT2D eigenvalue weighted by Gasteiger charge is 2.27. The molecule has 2 aromatic rings. The molecular weight excluding hydrogens is 326 g/mol. The van der Waals surface area contributed by atoms with Crippen molar-refractivity contribution in [2.45, 2.75) is 52.0 Å². The largest absolute Gasteiger partial charge is 0.338 e. The Labute approximate surface area is 154 Å². The summed E-state index contributed by atoms with van der Waals surface area (Å²) in [5.74, 6) is 0.0744. The van der Waals surface area contributed by atoms with Gasteiger partial charge in [0.1, 0.15) is 0 Å². The maximum absolute atomic E-state index is 12.8. The van der Waals surface area contributed by atoms with Gasteiger partial charge in [-0.1, -0.05) is 39.0 Å². The minimum Gasteiger partial charge on any atom is -0.338 e. The van der Waals surface area contributed by atoms with Crippen molar-refractivity contribution in [3.63, 3.8) is 0 Å². The molecule has 5 heteroatoms. The lowest BCUT2D eigenvalue weighted by Crippen LogP contribution is -2.42. The van der Waals surface area contributed by atoms with Crippen LogP contribution < -0.4 is 5.56 Å². The number of aryl methyl sites for hydroxylation is 1. The van der Waals surface area contributed by atoms with Crippen LogP contribution in [0.3, 0.4) is 0 Å². The number of benzene rings is 1. The highest BCUT2D eigenvalue weighted by Crippen LogP contribution is 2.24. The van der Waals surface area contributed by atoms with E-state index in [1.54, 1.807) is 10.7 Å². The summed E-state index contributed by atoms with van der Waals surface area (Å²) in [6, 6.07) is 11.1. The Morgan fingerprint density at radius 3 is 2.35 bits per heavy atom. The van der Waals surface area contributed by atoms with E-state index in [-0.39, 0.29) is 22.9 Å². The molecule has 1 aliphatic heterocycles. The van der Waals surface area contributed by atoms with E-state index < -0.39 is 0 Å². The smallest absolute Gasteiger partial charge is 0.267 e. The summed E-state index contributed by atoms with van der Waals surface area (Å²) in [7, 11) is 0. The third kappa shape index (κ3) is 3.71. The molecule has 0 atom stereocenters. The van der Waals surface area contributed by atoms with Crippen molar-refractivity contribution >= 4 is 5.91 Å². The molecule has 3 rings (SSSR count). The van der Waals surface area contributed by atoms with Gasteiger partial charge in [0.15, 0.2) is 0 Å². The van der Waals surface area contributed by atoms with Gasteiger partial charge in [0.25, 0.3) is 11.5 Å². The van der Waals surface area contributed by atoms with E-state index in [0.717, 1.165) is 29.7 Å². The topological polar surface area (TPSA) is 55.2 Å². The molecule has 1 saturated heterocycles. The molecule has 0 radical (unpaired) electrons. The van der Waals surface area contributed by atoms with Gasteiger partial charge in [-0.15, -0.1) is 0 Å². The first-order chi connectivity index (χ1) is 12.3. The van der Waals surface area contributed by atoms with Crippen LogP contribution >= 0.6 is 0 Å². The molecular formula is C21H27N3O2. The second kappa shape index (κ2) is 7.06. The second-order valence-electron chi connectivity index (χ2n) is 8.09. The molecule has 26 heavy (non-hydrogen) atoms. The Bertz CT molecular complexity index is 856. The zero-order valence-corrected chi connectivity index (χ0v) is 16.0. The number of amides is 1. The van der Waals surface area contributed by atoms with Gasteiger partial charge >= 0.3 is 0 Å². The normalized spacial score (nSPS) is 15.9. The van der Waals surface area contributed by atoms with Gasteiger partial charge in [-0.2, -0.15) is 5.10 Å². The van der Waals surface area contributed by atoms with E-state index in [1.165, 1.54) is 0 Å². The van der Waals surface area contributed by atoms with Gasteiger partial charge < -0.3 is 4.90 Å². The molecule has 138 valence electrons. The Morgan fingerprint density at radius 1 is 1.08 bits per heavy atom. The van der Waals surface area contributed by atoms with Crippen LogP contribution in [0.5, 0.6) is 0 Å². The first kappa shape index (κ1) is 18.4. The van der Waals surface area contributed by atoms with Crippen molar-refractivity contribution in [1.82, 2.24) is 14.7 Å². The van der Waals surface area contributed by atoms with Crippen LogP contribution in [0.25, 0.3) is 0 Å². The molecule has 1 amide bonds. The second-order valence-corrected chi connectivity index (χ2v) is 8.09. The minimum absolute atomic E-state index is 0.0470. The Balaban J connectivity index is 1.74. The van der Waals surface area contributed by atoms with E-state index in [9.17, 15) is 9.59 Å². The third-order valence-corrected chi connectivity index (χ3v) is 5.07. The lowest BCUT2D eigenvalue weighted by Gasteiger charge is -2.33. The van der Waals surface area contributed by atoms with Crippen molar-refractivity contribution in [1.29, 1.82) is 0 Å². The lowest BCUT2D eigenvalue weighted by molar-refractivity contribution is 0.0686. The van der Waals surface area contributed by atoms with Crippen molar-refractivity contribution in [3.05, 3.63) is 63.6 Å². The fraction of sp³-hybridized carbons (Fsp3) is 0.476. The average Bonchev–Trinajstić information content (AvgIpc) is 2.61. The van der Waals surface area contributed by atoms with E-state index in [2.05, 4.69) is 25.9 Å². The molecule has 0 spiro atoms. The molecule has 0 unspecified atom stereocenters. The molecule has 0 saturated carbocycles. The van der Waals surface area contributed by atoms with Crippen LogP contribution in [-0.4, -0.2) is 33.7 Å². The summed E-state index contributed by atoms with van der Waals surface area (Å²) >= 11 is 0. The molecule has 1 fully saturated rings. The molecule has 1 aliphatic rings. The van der Waals surface area contributed by atoms with Gasteiger partial charge in [-0.3, -0.25) is 9.59 Å². The molecule has 1 aromatic heterocycles. The van der Waals surface area contributed by atoms with Crippen LogP contribution in [0.4, 0.5) is 0 Å². The maximum Gasteiger partial charge on any atom is 0.267 e. The number of carbonyl (C=O) groups excluding carboxylic acids is 1. The predicted molar refractivity (Wildman–Crippen MR) is 103 cm³/mol. The number of piperidine rings is 1. The first-order valence-electron chi connectivity index (χ1n) is 9.22. The SMILES string of the molecule is Cc1ccccc1C(=O)N1CCC(n2nc(C(C)(C)C)ccc2=O)CC1. The van der Waals surface area contributed by atoms with E-state index >= 15 is 0 Å². The Hall–Kier alpha value is -2.43. The van der Waals surface area contributed by atoms with Gasteiger partial charge in [0.05, 0.1) is 11.7 Å². The first-order valence-corrected chi connectivity index (χ1v) is 9.22. The number of likely N-dealkylation sites (tertiary alicyclic amines) is 1. The fourth-order valence-electron chi connectivity index (χ4n) is 3.38. The van der Waals surface area contributed by atoms with Gasteiger partial charge in [0, 0.05) is 30.1 Å². The highest BCUT2D eigenvalue weighted by atomic mass is 16.2. The number of nitrogens with zero attached hydrogens (tertiary/aromatic N) is 3. The summed E-state index contributed by atoms with van der Waals surface area (Å²) in [5.41, 5.74) is 2.50. The molecule has 2 heterocycles. The molecule has 0 N–H and O–H groups in total. The van der Waals surface area contributed by atoms with E-state index in [4.69, 9.17) is 0 Å². The summed E-state index contributed by atoms with van der Waals surface area (Å²) in [5, 5.41) is 4.61. The quantitative estimate of drug-likeness (QED) is 0.832. The van der Waals surface area contributed by atoms with E-state index in [1.807, 2.05) is 42.2 Å². The Kier molecular flexibility index (Phi) is 4.99. The van der Waals surface area contributed by atoms with Crippen LogP contribution in [0.15, 0.2) is 41.2 Å². The third-order valence-electron chi connectivity index (χ3n) is 5.07. The monoisotopic (exact) mass is 353 g/mol. The average molecular weight is 353 g/mol. The summed E-state index contributed by atoms with van der Waals surface area (Å²) < 4.78 is 1.62. The number of rotatable bonds is 2. The van der Waals surface area contributed by atoms with Crippen molar-refractivity contribution in [2.75, 3.05) is 13.1 Å². The molecule has 0 bridgehead atoms. The predicted octanol–water partition coefficient (Wildman–Crippen LogP) is 3.33. The zero-order chi connectivity index (χ0) is 18.9. The summed E-state index contributed by atoms with van der Waals surface area (Å²) in [4.78, 5) is 26.9. The van der Waals surface area contributed by atoms with Crippen molar-refractivity contribution in [3.8, 4) is 0 Å². The van der Waals surface area contributed by atoms with Gasteiger partial charge in [-0.25, -0.2) is 4.68 Å². The minimum atomic E-state index is -0.100. The standard InChI is InChI=1S/C21H27N3O2/c1-15-7-5-6-8-17(15)20(26)23-13-11-16(12-14-23)24-19(25)10-9-18(22-24)21(2,3)4/h5-10,16H,11-14H2,1-4H3. The number of hydrogen-bond acceptors (Lipinski definition) is 3. The van der Waals surface area contributed by atoms with Crippen molar-refractivity contribution in [2.24, 2.45) is 0 Å². The maximum atomic E-state index is 12.8. The van der Waals surface area contributed by atoms with Gasteiger partial charge in [-0.05, 0) is 37.5 Å². The highest BCUT2D eigenvalue weighted by molar-refractivity contribution is 5.95. The van der Waals surface area contributed by atoms with Crippen LogP contribution in [-0.2, 0) is 5.41 Å². The van der Waals surface area contributed by atoms with Gasteiger partial charge in [0.2, 0.25) is 0 Å². The zero-order valence-electron chi connectivity index (χ0n) is 16.0. The van der Waals surface area contributed by atoms with Crippen LogP contribution in [0.1, 0.15) is 61.3 Å². The number of aromatic nitrogens is 2. The summed E-state index contributed by atoms with van der Waals surface area (Å²) in [6.45, 7) is 9.52. The van der Waals surface area contributed by atoms with E-state index in [0.29, 0.717) is 13.1 Å². The molecule has 5 nitrogen and oxygen atoms in total. The Morgan fingerprint density at radius 2 is 1.73 bits per heavy atom. The van der Waals surface area contributed by atoms with Crippen LogP contribution in [0.2, 0.25) is 0 Å². The molecule has 0 aliphatic carbocycles. The number of carbonyl (C=O) groups is 1. The fourth-order valence-corrected chi connectivity index (χ4v) is 3.38. The number of hydrogen-bond donors (Lipinski definition) is 0. The molecule has 1 aromatic carbocycles. The summed E-state index contributed by atoms with van der Waals surface area (Å²) in [6.07, 6.45) is 1.50. The van der Waals surface area contributed by atoms with Crippen LogP contribution in [0, 0.1) is 6.92 Å². The lowest BCUT2D eigenvalue weighted by atomic mass is 9.92.